The van der Waals surface area contributed by atoms with Crippen LogP contribution in [-0.4, -0.2) is 31.1 Å². The van der Waals surface area contributed by atoms with Crippen molar-refractivity contribution in [2.24, 2.45) is 0 Å². The lowest BCUT2D eigenvalue weighted by Gasteiger charge is -2.23. The van der Waals surface area contributed by atoms with Gasteiger partial charge in [-0.1, -0.05) is 20.8 Å². The van der Waals surface area contributed by atoms with E-state index >= 15 is 0 Å². The molecule has 2 nitrogen and oxygen atoms in total. The van der Waals surface area contributed by atoms with E-state index in [9.17, 15) is 0 Å². The average Bonchev–Trinajstić information content (AvgIpc) is 2.80. The zero-order valence-corrected chi connectivity index (χ0v) is 13.1. The second kappa shape index (κ2) is 8.68. The Bertz CT molecular complexity index is 318. The van der Waals surface area contributed by atoms with Crippen LogP contribution in [0.5, 0.6) is 0 Å². The predicted molar refractivity (Wildman–Crippen MR) is 82.5 cm³/mol. The van der Waals surface area contributed by atoms with E-state index in [1.54, 1.807) is 0 Å². The van der Waals surface area contributed by atoms with Crippen molar-refractivity contribution in [3.63, 3.8) is 0 Å². The highest BCUT2D eigenvalue weighted by Gasteiger charge is 2.15. The van der Waals surface area contributed by atoms with Crippen molar-refractivity contribution in [2.45, 2.75) is 46.6 Å². The Balaban J connectivity index is 2.59. The number of nitrogens with zero attached hydrogens (tertiary/aromatic N) is 1. The zero-order valence-electron chi connectivity index (χ0n) is 12.3. The summed E-state index contributed by atoms with van der Waals surface area (Å²) >= 11 is 1.89. The molecule has 0 saturated carbocycles. The summed E-state index contributed by atoms with van der Waals surface area (Å²) in [6.07, 6.45) is 2.41. The van der Waals surface area contributed by atoms with Gasteiger partial charge in [-0.2, -0.15) is 0 Å². The average molecular weight is 268 g/mol. The van der Waals surface area contributed by atoms with Crippen LogP contribution in [0.3, 0.4) is 0 Å². The monoisotopic (exact) mass is 268 g/mol. The summed E-state index contributed by atoms with van der Waals surface area (Å²) in [5, 5.41) is 5.91. The van der Waals surface area contributed by atoms with E-state index < -0.39 is 0 Å². The van der Waals surface area contributed by atoms with Gasteiger partial charge in [0.15, 0.2) is 0 Å². The van der Waals surface area contributed by atoms with E-state index in [0.717, 1.165) is 19.6 Å². The van der Waals surface area contributed by atoms with Crippen molar-refractivity contribution in [2.75, 3.05) is 26.2 Å². The largest absolute Gasteiger partial charge is 0.309 e. The Kier molecular flexibility index (Phi) is 7.56. The van der Waals surface area contributed by atoms with E-state index in [-0.39, 0.29) is 0 Å². The molecule has 0 amide bonds. The van der Waals surface area contributed by atoms with Crippen LogP contribution in [0.1, 0.15) is 50.1 Å². The van der Waals surface area contributed by atoms with Crippen molar-refractivity contribution in [1.82, 2.24) is 10.2 Å². The summed E-state index contributed by atoms with van der Waals surface area (Å²) in [6.45, 7) is 13.6. The smallest absolute Gasteiger partial charge is 0.0429 e. The third-order valence-corrected chi connectivity index (χ3v) is 4.62. The number of hydrogen-bond acceptors (Lipinski definition) is 3. The molecule has 0 radical (unpaired) electrons. The minimum absolute atomic E-state index is 0.533. The van der Waals surface area contributed by atoms with E-state index in [0.29, 0.717) is 6.04 Å². The molecule has 0 bridgehead atoms. The number of aryl methyl sites for hydroxylation is 1. The Morgan fingerprint density at radius 3 is 2.50 bits per heavy atom. The van der Waals surface area contributed by atoms with Gasteiger partial charge in [0.1, 0.15) is 0 Å². The molecular weight excluding hydrogens is 240 g/mol. The van der Waals surface area contributed by atoms with Crippen molar-refractivity contribution in [3.05, 3.63) is 21.9 Å². The fourth-order valence-corrected chi connectivity index (χ4v) is 3.28. The molecule has 18 heavy (non-hydrogen) atoms. The maximum atomic E-state index is 3.70. The standard InChI is InChI=1S/C15H28N2S/c1-5-10-16-14(8-11-17(6-2)7-3)15-13(4)9-12-18-15/h9,12,14,16H,5-8,10-11H2,1-4H3. The first-order valence-corrected chi connectivity index (χ1v) is 8.10. The first-order chi connectivity index (χ1) is 8.72. The van der Waals surface area contributed by atoms with Crippen LogP contribution in [0.4, 0.5) is 0 Å². The molecule has 0 aromatic carbocycles. The van der Waals surface area contributed by atoms with Gasteiger partial charge in [-0.15, -0.1) is 11.3 Å². The molecule has 1 rings (SSSR count). The van der Waals surface area contributed by atoms with Gasteiger partial charge in [-0.05, 0) is 63.0 Å². The third kappa shape index (κ3) is 4.71. The highest BCUT2D eigenvalue weighted by atomic mass is 32.1. The normalized spacial score (nSPS) is 13.2. The Morgan fingerprint density at radius 1 is 1.28 bits per heavy atom. The van der Waals surface area contributed by atoms with Gasteiger partial charge in [0.05, 0.1) is 0 Å². The highest BCUT2D eigenvalue weighted by Crippen LogP contribution is 2.26. The summed E-state index contributed by atoms with van der Waals surface area (Å²) in [5.41, 5.74) is 1.44. The Morgan fingerprint density at radius 2 is 2.00 bits per heavy atom. The molecule has 0 saturated heterocycles. The summed E-state index contributed by atoms with van der Waals surface area (Å²) in [6, 6.07) is 2.77. The van der Waals surface area contributed by atoms with Crippen LogP contribution < -0.4 is 5.32 Å². The first kappa shape index (κ1) is 15.7. The predicted octanol–water partition coefficient (Wildman–Crippen LogP) is 3.83. The van der Waals surface area contributed by atoms with E-state index in [2.05, 4.69) is 49.4 Å². The maximum Gasteiger partial charge on any atom is 0.0429 e. The summed E-state index contributed by atoms with van der Waals surface area (Å²) in [4.78, 5) is 4.03. The number of nitrogens with one attached hydrogen (secondary N) is 1. The quantitative estimate of drug-likeness (QED) is 0.732. The lowest BCUT2D eigenvalue weighted by molar-refractivity contribution is 0.282. The van der Waals surface area contributed by atoms with Gasteiger partial charge in [0.25, 0.3) is 0 Å². The molecule has 3 heteroatoms. The molecule has 1 atom stereocenters. The molecule has 104 valence electrons. The minimum atomic E-state index is 0.533. The van der Waals surface area contributed by atoms with Crippen molar-refractivity contribution < 1.29 is 0 Å². The first-order valence-electron chi connectivity index (χ1n) is 7.22. The summed E-state index contributed by atoms with van der Waals surface area (Å²) in [7, 11) is 0. The van der Waals surface area contributed by atoms with Crippen LogP contribution in [0.25, 0.3) is 0 Å². The molecule has 0 fully saturated rings. The zero-order chi connectivity index (χ0) is 13.4. The molecule has 0 aliphatic heterocycles. The van der Waals surface area contributed by atoms with Crippen LogP contribution in [0, 0.1) is 6.92 Å². The summed E-state index contributed by atoms with van der Waals surface area (Å²) in [5.74, 6) is 0. The molecule has 0 spiro atoms. The van der Waals surface area contributed by atoms with E-state index in [1.807, 2.05) is 11.3 Å². The molecular formula is C15H28N2S. The molecule has 1 aromatic heterocycles. The van der Waals surface area contributed by atoms with Crippen LogP contribution in [-0.2, 0) is 0 Å². The second-order valence-corrected chi connectivity index (χ2v) is 5.74. The maximum absolute atomic E-state index is 3.70. The Labute approximate surface area is 116 Å². The van der Waals surface area contributed by atoms with E-state index in [4.69, 9.17) is 0 Å². The molecule has 0 aliphatic rings. The molecule has 1 unspecified atom stereocenters. The highest BCUT2D eigenvalue weighted by molar-refractivity contribution is 7.10. The SMILES string of the molecule is CCCNC(CCN(CC)CC)c1sccc1C. The number of hydrogen-bond donors (Lipinski definition) is 1. The van der Waals surface area contributed by atoms with Gasteiger partial charge in [-0.3, -0.25) is 0 Å². The third-order valence-electron chi connectivity index (χ3n) is 3.49. The van der Waals surface area contributed by atoms with Crippen molar-refractivity contribution in [1.29, 1.82) is 0 Å². The lowest BCUT2D eigenvalue weighted by atomic mass is 10.1. The lowest BCUT2D eigenvalue weighted by Crippen LogP contribution is -2.29. The van der Waals surface area contributed by atoms with Crippen molar-refractivity contribution >= 4 is 11.3 Å². The van der Waals surface area contributed by atoms with Crippen LogP contribution >= 0.6 is 11.3 Å². The number of thiophene rings is 1. The molecule has 0 aliphatic carbocycles. The van der Waals surface area contributed by atoms with E-state index in [1.165, 1.54) is 29.8 Å². The molecule has 1 heterocycles. The topological polar surface area (TPSA) is 15.3 Å². The second-order valence-electron chi connectivity index (χ2n) is 4.79. The number of rotatable bonds is 9. The van der Waals surface area contributed by atoms with Gasteiger partial charge < -0.3 is 10.2 Å². The fourth-order valence-electron chi connectivity index (χ4n) is 2.24. The molecule has 1 aromatic rings. The summed E-state index contributed by atoms with van der Waals surface area (Å²) < 4.78 is 0. The minimum Gasteiger partial charge on any atom is -0.309 e. The Hall–Kier alpha value is -0.380. The van der Waals surface area contributed by atoms with Crippen LogP contribution in [0.15, 0.2) is 11.4 Å². The fraction of sp³-hybridized carbons (Fsp3) is 0.733. The van der Waals surface area contributed by atoms with Gasteiger partial charge in [0, 0.05) is 10.9 Å². The van der Waals surface area contributed by atoms with Gasteiger partial charge in [0.2, 0.25) is 0 Å². The van der Waals surface area contributed by atoms with Crippen LogP contribution in [0.2, 0.25) is 0 Å². The van der Waals surface area contributed by atoms with Gasteiger partial charge in [-0.25, -0.2) is 0 Å². The molecule has 1 N–H and O–H groups in total. The van der Waals surface area contributed by atoms with Gasteiger partial charge >= 0.3 is 0 Å². The van der Waals surface area contributed by atoms with Crippen molar-refractivity contribution in [3.8, 4) is 0 Å².